The maximum Gasteiger partial charge on any atom is 0.243 e. The molecule has 162 valence electrons. The third-order valence-electron chi connectivity index (χ3n) is 4.35. The van der Waals surface area contributed by atoms with Gasteiger partial charge in [-0.25, -0.2) is 8.42 Å². The standard InChI is InChI=1S/C20H23ClN2O6S/c1-14(20(24)22-9-10-27-17-6-3-15(21)4-7-17)23(30(2,25)26)16-5-8-18-19(13-16)29-12-11-28-18/h3-8,13-14H,9-12H2,1-2H3,(H,22,24)/t14-/m1/s1. The van der Waals surface area contributed by atoms with Crippen molar-refractivity contribution in [1.82, 2.24) is 5.32 Å². The fraction of sp³-hybridized carbons (Fsp3) is 0.350. The van der Waals surface area contributed by atoms with Crippen molar-refractivity contribution in [3.63, 3.8) is 0 Å². The van der Waals surface area contributed by atoms with Gasteiger partial charge in [0.15, 0.2) is 11.5 Å². The van der Waals surface area contributed by atoms with E-state index in [2.05, 4.69) is 5.32 Å². The van der Waals surface area contributed by atoms with Crippen LogP contribution in [0.25, 0.3) is 0 Å². The highest BCUT2D eigenvalue weighted by Crippen LogP contribution is 2.35. The smallest absolute Gasteiger partial charge is 0.243 e. The number of hydrogen-bond acceptors (Lipinski definition) is 6. The molecule has 1 atom stereocenters. The van der Waals surface area contributed by atoms with Crippen molar-refractivity contribution in [2.24, 2.45) is 0 Å². The van der Waals surface area contributed by atoms with Crippen LogP contribution in [-0.2, 0) is 14.8 Å². The molecule has 30 heavy (non-hydrogen) atoms. The third kappa shape index (κ3) is 5.48. The van der Waals surface area contributed by atoms with Crippen LogP contribution < -0.4 is 23.8 Å². The lowest BCUT2D eigenvalue weighted by Crippen LogP contribution is -2.48. The number of halogens is 1. The summed E-state index contributed by atoms with van der Waals surface area (Å²) in [7, 11) is -3.73. The number of ether oxygens (including phenoxy) is 3. The lowest BCUT2D eigenvalue weighted by molar-refractivity contribution is -0.121. The summed E-state index contributed by atoms with van der Waals surface area (Å²) in [6, 6.07) is 10.7. The predicted octanol–water partition coefficient (Wildman–Crippen LogP) is 2.46. The van der Waals surface area contributed by atoms with Gasteiger partial charge in [-0.15, -0.1) is 0 Å². The third-order valence-corrected chi connectivity index (χ3v) is 5.85. The molecule has 0 bridgehead atoms. The molecule has 0 saturated carbocycles. The molecule has 1 amide bonds. The zero-order chi connectivity index (χ0) is 21.7. The minimum absolute atomic E-state index is 0.213. The molecule has 1 aliphatic heterocycles. The highest BCUT2D eigenvalue weighted by molar-refractivity contribution is 7.92. The molecular weight excluding hydrogens is 432 g/mol. The Labute approximate surface area is 180 Å². The molecule has 10 heteroatoms. The number of nitrogens with zero attached hydrogens (tertiary/aromatic N) is 1. The highest BCUT2D eigenvalue weighted by atomic mass is 35.5. The van der Waals surface area contributed by atoms with Crippen molar-refractivity contribution < 1.29 is 27.4 Å². The van der Waals surface area contributed by atoms with E-state index in [4.69, 9.17) is 25.8 Å². The number of fused-ring (bicyclic) bond motifs is 1. The second kappa shape index (κ2) is 9.44. The fourth-order valence-corrected chi connectivity index (χ4v) is 4.29. The number of anilines is 1. The van der Waals surface area contributed by atoms with E-state index in [1.54, 1.807) is 42.5 Å². The summed E-state index contributed by atoms with van der Waals surface area (Å²) in [5.74, 6) is 1.15. The molecular formula is C20H23ClN2O6S. The minimum Gasteiger partial charge on any atom is -0.492 e. The van der Waals surface area contributed by atoms with Crippen molar-refractivity contribution in [2.45, 2.75) is 13.0 Å². The average molecular weight is 455 g/mol. The Kier molecular flexibility index (Phi) is 6.94. The summed E-state index contributed by atoms with van der Waals surface area (Å²) in [5, 5.41) is 3.30. The van der Waals surface area contributed by atoms with Gasteiger partial charge in [-0.1, -0.05) is 11.6 Å². The number of sulfonamides is 1. The molecule has 8 nitrogen and oxygen atoms in total. The zero-order valence-corrected chi connectivity index (χ0v) is 18.2. The van der Waals surface area contributed by atoms with E-state index in [-0.39, 0.29) is 13.2 Å². The Morgan fingerprint density at radius 2 is 1.83 bits per heavy atom. The van der Waals surface area contributed by atoms with Crippen LogP contribution in [0.5, 0.6) is 17.2 Å². The second-order valence-electron chi connectivity index (χ2n) is 6.66. The Balaban J connectivity index is 1.64. The number of benzene rings is 2. The normalized spacial score (nSPS) is 14.0. The Morgan fingerprint density at radius 1 is 1.17 bits per heavy atom. The van der Waals surface area contributed by atoms with Crippen molar-refractivity contribution in [3.8, 4) is 17.2 Å². The van der Waals surface area contributed by atoms with Crippen LogP contribution in [0.3, 0.4) is 0 Å². The first-order chi connectivity index (χ1) is 14.3. The summed E-state index contributed by atoms with van der Waals surface area (Å²) in [6.45, 7) is 2.76. The Morgan fingerprint density at radius 3 is 2.50 bits per heavy atom. The number of hydrogen-bond donors (Lipinski definition) is 1. The van der Waals surface area contributed by atoms with Crippen LogP contribution in [0.4, 0.5) is 5.69 Å². The number of amides is 1. The number of carbonyl (C=O) groups excluding carboxylic acids is 1. The van der Waals surface area contributed by atoms with E-state index in [0.717, 1.165) is 10.6 Å². The van der Waals surface area contributed by atoms with Crippen molar-refractivity contribution in [1.29, 1.82) is 0 Å². The van der Waals surface area contributed by atoms with Gasteiger partial charge in [-0.3, -0.25) is 9.10 Å². The fourth-order valence-electron chi connectivity index (χ4n) is 3.00. The summed E-state index contributed by atoms with van der Waals surface area (Å²) in [4.78, 5) is 12.6. The van der Waals surface area contributed by atoms with Gasteiger partial charge in [0.2, 0.25) is 15.9 Å². The van der Waals surface area contributed by atoms with Crippen LogP contribution in [0.2, 0.25) is 5.02 Å². The second-order valence-corrected chi connectivity index (χ2v) is 8.95. The number of rotatable bonds is 8. The molecule has 2 aromatic carbocycles. The molecule has 0 spiro atoms. The summed E-state index contributed by atoms with van der Waals surface area (Å²) < 4.78 is 42.4. The van der Waals surface area contributed by atoms with Gasteiger partial charge in [0.1, 0.15) is 31.6 Å². The quantitative estimate of drug-likeness (QED) is 0.616. The molecule has 1 aliphatic rings. The van der Waals surface area contributed by atoms with Crippen molar-refractivity contribution in [2.75, 3.05) is 36.9 Å². The topological polar surface area (TPSA) is 94.2 Å². The molecule has 0 fully saturated rings. The van der Waals surface area contributed by atoms with Gasteiger partial charge in [-0.2, -0.15) is 0 Å². The van der Waals surface area contributed by atoms with E-state index in [1.165, 1.54) is 6.92 Å². The van der Waals surface area contributed by atoms with Crippen molar-refractivity contribution in [3.05, 3.63) is 47.5 Å². The first kappa shape index (κ1) is 22.0. The van der Waals surface area contributed by atoms with E-state index >= 15 is 0 Å². The van der Waals surface area contributed by atoms with Gasteiger partial charge in [0.25, 0.3) is 0 Å². The largest absolute Gasteiger partial charge is 0.492 e. The lowest BCUT2D eigenvalue weighted by atomic mass is 10.2. The summed E-state index contributed by atoms with van der Waals surface area (Å²) in [5.41, 5.74) is 0.321. The zero-order valence-electron chi connectivity index (χ0n) is 16.6. The molecule has 1 heterocycles. The highest BCUT2D eigenvalue weighted by Gasteiger charge is 2.30. The molecule has 0 aromatic heterocycles. The summed E-state index contributed by atoms with van der Waals surface area (Å²) in [6.07, 6.45) is 1.05. The monoisotopic (exact) mass is 454 g/mol. The van der Waals surface area contributed by atoms with E-state index in [0.29, 0.717) is 41.2 Å². The first-order valence-corrected chi connectivity index (χ1v) is 11.5. The van der Waals surface area contributed by atoms with Crippen LogP contribution in [0.1, 0.15) is 6.92 Å². The van der Waals surface area contributed by atoms with Crippen molar-refractivity contribution >= 4 is 33.2 Å². The Bertz CT molecular complexity index is 997. The SMILES string of the molecule is C[C@H](C(=O)NCCOc1ccc(Cl)cc1)N(c1ccc2c(c1)OCCO2)S(C)(=O)=O. The molecule has 0 aliphatic carbocycles. The van der Waals surface area contributed by atoms with Crippen LogP contribution in [0, 0.1) is 0 Å². The van der Waals surface area contributed by atoms with Crippen LogP contribution in [-0.4, -0.2) is 53.0 Å². The predicted molar refractivity (Wildman–Crippen MR) is 114 cm³/mol. The lowest BCUT2D eigenvalue weighted by Gasteiger charge is -2.29. The van der Waals surface area contributed by atoms with Gasteiger partial charge >= 0.3 is 0 Å². The van der Waals surface area contributed by atoms with Gasteiger partial charge < -0.3 is 19.5 Å². The molecule has 0 radical (unpaired) electrons. The minimum atomic E-state index is -3.73. The number of carbonyl (C=O) groups is 1. The first-order valence-electron chi connectivity index (χ1n) is 9.31. The molecule has 0 saturated heterocycles. The van der Waals surface area contributed by atoms with Gasteiger partial charge in [0, 0.05) is 11.1 Å². The van der Waals surface area contributed by atoms with E-state index in [1.807, 2.05) is 0 Å². The average Bonchev–Trinajstić information content (AvgIpc) is 2.71. The number of nitrogens with one attached hydrogen (secondary N) is 1. The maximum atomic E-state index is 12.6. The summed E-state index contributed by atoms with van der Waals surface area (Å²) >= 11 is 5.82. The van der Waals surface area contributed by atoms with Gasteiger partial charge in [0.05, 0.1) is 18.5 Å². The van der Waals surface area contributed by atoms with Crippen LogP contribution >= 0.6 is 11.6 Å². The van der Waals surface area contributed by atoms with Gasteiger partial charge in [-0.05, 0) is 43.3 Å². The molecule has 3 rings (SSSR count). The molecule has 1 N–H and O–H groups in total. The Hall–Kier alpha value is -2.65. The van der Waals surface area contributed by atoms with E-state index in [9.17, 15) is 13.2 Å². The van der Waals surface area contributed by atoms with E-state index < -0.39 is 22.0 Å². The maximum absolute atomic E-state index is 12.6. The van der Waals surface area contributed by atoms with Crippen LogP contribution in [0.15, 0.2) is 42.5 Å². The molecule has 0 unspecified atom stereocenters. The molecule has 2 aromatic rings.